The van der Waals surface area contributed by atoms with E-state index in [1.165, 1.54) is 0 Å². The van der Waals surface area contributed by atoms with Gasteiger partial charge in [-0.1, -0.05) is 0 Å². The van der Waals surface area contributed by atoms with Crippen LogP contribution >= 0.6 is 0 Å². The first kappa shape index (κ1) is 16.6. The van der Waals surface area contributed by atoms with Crippen LogP contribution in [0.1, 0.15) is 54.9 Å². The van der Waals surface area contributed by atoms with E-state index in [1.54, 1.807) is 4.90 Å². The normalized spacial score (nSPS) is 28.3. The maximum atomic E-state index is 11.9. The van der Waals surface area contributed by atoms with Gasteiger partial charge in [-0.15, -0.1) is 0 Å². The van der Waals surface area contributed by atoms with Crippen molar-refractivity contribution in [2.75, 3.05) is 13.1 Å². The minimum Gasteiger partial charge on any atom is -0.444 e. The largest absolute Gasteiger partial charge is 0.444 e. The van der Waals surface area contributed by atoms with Crippen molar-refractivity contribution in [1.82, 2.24) is 10.2 Å². The third kappa shape index (κ3) is 4.10. The Morgan fingerprint density at radius 3 is 2.24 bits per heavy atom. The predicted molar refractivity (Wildman–Crippen MR) is 82.4 cm³/mol. The minimum absolute atomic E-state index is 0.0875. The summed E-state index contributed by atoms with van der Waals surface area (Å²) >= 11 is 0. The number of nitrogens with zero attached hydrogens (tertiary/aromatic N) is 1. The molecule has 0 spiro atoms. The van der Waals surface area contributed by atoms with Crippen LogP contribution in [-0.4, -0.2) is 53.0 Å². The highest BCUT2D eigenvalue weighted by atomic mass is 16.6. The Kier molecular flexibility index (Phi) is 4.04. The van der Waals surface area contributed by atoms with Crippen LogP contribution in [-0.2, 0) is 9.47 Å². The molecule has 1 amide bonds. The van der Waals surface area contributed by atoms with E-state index >= 15 is 0 Å². The zero-order chi connectivity index (χ0) is 16.1. The van der Waals surface area contributed by atoms with Gasteiger partial charge in [0.1, 0.15) is 5.60 Å². The molecule has 2 fully saturated rings. The summed E-state index contributed by atoms with van der Waals surface area (Å²) in [6.45, 7) is 15.6. The molecule has 2 saturated heterocycles. The molecule has 0 aromatic heterocycles. The Balaban J connectivity index is 1.80. The minimum atomic E-state index is -0.430. The highest BCUT2D eigenvalue weighted by Crippen LogP contribution is 2.37. The Morgan fingerprint density at radius 1 is 1.24 bits per heavy atom. The van der Waals surface area contributed by atoms with Crippen LogP contribution in [0.5, 0.6) is 0 Å². The molecule has 5 nitrogen and oxygen atoms in total. The molecule has 2 aliphatic heterocycles. The van der Waals surface area contributed by atoms with E-state index in [0.29, 0.717) is 25.2 Å². The van der Waals surface area contributed by atoms with Crippen molar-refractivity contribution in [2.24, 2.45) is 0 Å². The third-order valence-corrected chi connectivity index (χ3v) is 4.04. The molecule has 5 heteroatoms. The molecule has 21 heavy (non-hydrogen) atoms. The van der Waals surface area contributed by atoms with Crippen molar-refractivity contribution < 1.29 is 14.3 Å². The second kappa shape index (κ2) is 5.13. The van der Waals surface area contributed by atoms with E-state index in [4.69, 9.17) is 9.47 Å². The summed E-state index contributed by atoms with van der Waals surface area (Å²) in [7, 11) is 0. The Bertz CT molecular complexity index is 406. The number of amides is 1. The van der Waals surface area contributed by atoms with E-state index in [0.717, 1.165) is 6.42 Å². The van der Waals surface area contributed by atoms with Gasteiger partial charge in [-0.2, -0.15) is 0 Å². The summed E-state index contributed by atoms with van der Waals surface area (Å²) in [6, 6.07) is 0.651. The highest BCUT2D eigenvalue weighted by molar-refractivity contribution is 5.69. The molecule has 1 atom stereocenters. The van der Waals surface area contributed by atoms with Crippen LogP contribution in [0.4, 0.5) is 4.79 Å². The van der Waals surface area contributed by atoms with Crippen LogP contribution in [0.3, 0.4) is 0 Å². The number of hydrogen-bond acceptors (Lipinski definition) is 4. The van der Waals surface area contributed by atoms with E-state index in [9.17, 15) is 4.79 Å². The molecule has 2 aliphatic rings. The quantitative estimate of drug-likeness (QED) is 0.851. The van der Waals surface area contributed by atoms with Crippen LogP contribution in [0.2, 0.25) is 0 Å². The first-order valence-electron chi connectivity index (χ1n) is 7.82. The summed E-state index contributed by atoms with van der Waals surface area (Å²) in [6.07, 6.45) is 0.769. The summed E-state index contributed by atoms with van der Waals surface area (Å²) < 4.78 is 11.5. The van der Waals surface area contributed by atoms with Crippen molar-refractivity contribution in [2.45, 2.75) is 83.8 Å². The van der Waals surface area contributed by atoms with Gasteiger partial charge >= 0.3 is 6.09 Å². The fourth-order valence-corrected chi connectivity index (χ4v) is 3.17. The Labute approximate surface area is 128 Å². The zero-order valence-electron chi connectivity index (χ0n) is 14.4. The number of ether oxygens (including phenoxy) is 2. The van der Waals surface area contributed by atoms with Gasteiger partial charge in [-0.05, 0) is 54.9 Å². The topological polar surface area (TPSA) is 50.8 Å². The SMILES string of the molecule is CC(C)(C)OC(=O)N1CC(NC2CC(C)(C)OC2(C)C)C1. The van der Waals surface area contributed by atoms with Crippen molar-refractivity contribution in [3.8, 4) is 0 Å². The molecule has 2 heterocycles. The van der Waals surface area contributed by atoms with Gasteiger partial charge in [-0.3, -0.25) is 0 Å². The third-order valence-electron chi connectivity index (χ3n) is 4.04. The first-order chi connectivity index (χ1) is 9.38. The molecular weight excluding hydrogens is 268 g/mol. The molecule has 1 unspecified atom stereocenters. The number of hydrogen-bond donors (Lipinski definition) is 1. The second-order valence-electron chi connectivity index (χ2n) is 8.47. The molecular formula is C16H30N2O3. The van der Waals surface area contributed by atoms with Crippen LogP contribution in [0.25, 0.3) is 0 Å². The summed E-state index contributed by atoms with van der Waals surface area (Å²) in [5, 5.41) is 3.63. The molecule has 0 aromatic rings. The van der Waals surface area contributed by atoms with Crippen molar-refractivity contribution in [1.29, 1.82) is 0 Å². The van der Waals surface area contributed by atoms with Crippen LogP contribution in [0, 0.1) is 0 Å². The van der Waals surface area contributed by atoms with E-state index < -0.39 is 5.60 Å². The summed E-state index contributed by atoms with van der Waals surface area (Å²) in [5.41, 5.74) is -0.688. The summed E-state index contributed by atoms with van der Waals surface area (Å²) in [5.74, 6) is 0. The molecule has 0 aromatic carbocycles. The Hall–Kier alpha value is -0.810. The summed E-state index contributed by atoms with van der Waals surface area (Å²) in [4.78, 5) is 13.7. The molecule has 0 saturated carbocycles. The number of carbonyl (C=O) groups is 1. The molecule has 1 N–H and O–H groups in total. The maximum absolute atomic E-state index is 11.9. The lowest BCUT2D eigenvalue weighted by Gasteiger charge is -2.42. The number of nitrogens with one attached hydrogen (secondary N) is 1. The average Bonchev–Trinajstić information content (AvgIpc) is 2.36. The van der Waals surface area contributed by atoms with Gasteiger partial charge in [0.15, 0.2) is 0 Å². The fourth-order valence-electron chi connectivity index (χ4n) is 3.17. The van der Waals surface area contributed by atoms with Gasteiger partial charge in [-0.25, -0.2) is 4.79 Å². The lowest BCUT2D eigenvalue weighted by atomic mass is 9.93. The van der Waals surface area contributed by atoms with Crippen molar-refractivity contribution in [3.63, 3.8) is 0 Å². The van der Waals surface area contributed by atoms with Gasteiger partial charge in [0, 0.05) is 25.2 Å². The van der Waals surface area contributed by atoms with Crippen molar-refractivity contribution in [3.05, 3.63) is 0 Å². The lowest BCUT2D eigenvalue weighted by molar-refractivity contribution is -0.0718. The molecule has 122 valence electrons. The van der Waals surface area contributed by atoms with Crippen LogP contribution < -0.4 is 5.32 Å². The zero-order valence-corrected chi connectivity index (χ0v) is 14.4. The van der Waals surface area contributed by atoms with Crippen LogP contribution in [0.15, 0.2) is 0 Å². The lowest BCUT2D eigenvalue weighted by Crippen LogP contribution is -2.64. The molecule has 0 radical (unpaired) electrons. The number of carbonyl (C=O) groups excluding carboxylic acids is 1. The molecule has 0 aliphatic carbocycles. The number of rotatable bonds is 2. The smallest absolute Gasteiger partial charge is 0.410 e. The van der Waals surface area contributed by atoms with Gasteiger partial charge in [0.25, 0.3) is 0 Å². The highest BCUT2D eigenvalue weighted by Gasteiger charge is 2.47. The standard InChI is InChI=1S/C16H30N2O3/c1-14(2,3)20-13(19)18-9-11(10-18)17-12-8-15(4,5)21-16(12,6)7/h11-12,17H,8-10H2,1-7H3. The van der Waals surface area contributed by atoms with Crippen molar-refractivity contribution >= 4 is 6.09 Å². The van der Waals surface area contributed by atoms with E-state index in [1.807, 2.05) is 20.8 Å². The number of likely N-dealkylation sites (tertiary alicyclic amines) is 1. The average molecular weight is 298 g/mol. The van der Waals surface area contributed by atoms with E-state index in [-0.39, 0.29) is 17.3 Å². The Morgan fingerprint density at radius 2 is 1.81 bits per heavy atom. The van der Waals surface area contributed by atoms with Gasteiger partial charge in [0.2, 0.25) is 0 Å². The first-order valence-corrected chi connectivity index (χ1v) is 7.82. The molecule has 2 rings (SSSR count). The van der Waals surface area contributed by atoms with Gasteiger partial charge in [0.05, 0.1) is 11.2 Å². The van der Waals surface area contributed by atoms with E-state index in [2.05, 4.69) is 33.0 Å². The predicted octanol–water partition coefficient (Wildman–Crippen LogP) is 2.54. The monoisotopic (exact) mass is 298 g/mol. The fraction of sp³-hybridized carbons (Fsp3) is 0.938. The molecule has 0 bridgehead atoms. The maximum Gasteiger partial charge on any atom is 0.410 e. The van der Waals surface area contributed by atoms with Gasteiger partial charge < -0.3 is 19.7 Å². The second-order valence-corrected chi connectivity index (χ2v) is 8.47.